The maximum absolute atomic E-state index is 12.4. The summed E-state index contributed by atoms with van der Waals surface area (Å²) in [5.74, 6) is 1.60. The molecule has 2 aromatic carbocycles. The molecule has 2 aliphatic rings. The van der Waals surface area contributed by atoms with Gasteiger partial charge in [0.2, 0.25) is 0 Å². The van der Waals surface area contributed by atoms with Crippen molar-refractivity contribution >= 4 is 67.1 Å². The maximum Gasteiger partial charge on any atom is 0.373 e. The van der Waals surface area contributed by atoms with Crippen LogP contribution in [0.25, 0.3) is 0 Å². The Morgan fingerprint density at radius 3 is 1.54 bits per heavy atom. The number of likely N-dealkylation sites (tertiary alicyclic amines) is 1. The number of benzene rings is 2. The van der Waals surface area contributed by atoms with Gasteiger partial charge in [-0.15, -0.1) is 23.2 Å². The number of carbonyl (C=O) groups excluding carboxylic acids is 5. The smallest absolute Gasteiger partial charge is 0.373 e. The zero-order valence-electron chi connectivity index (χ0n) is 31.7. The van der Waals surface area contributed by atoms with Crippen LogP contribution in [0.2, 0.25) is 0 Å². The molecule has 4 heterocycles. The number of alkyl halides is 2. The van der Waals surface area contributed by atoms with Crippen LogP contribution < -0.4 is 26.6 Å². The van der Waals surface area contributed by atoms with Gasteiger partial charge >= 0.3 is 18.2 Å². The van der Waals surface area contributed by atoms with Crippen molar-refractivity contribution in [2.75, 3.05) is 42.2 Å². The molecule has 2 aliphatic heterocycles. The van der Waals surface area contributed by atoms with E-state index in [-0.39, 0.29) is 51.3 Å². The van der Waals surface area contributed by atoms with E-state index in [1.54, 1.807) is 19.3 Å². The third kappa shape index (κ3) is 20.6. The highest BCUT2D eigenvalue weighted by atomic mass is 35.5. The zero-order chi connectivity index (χ0) is 39.7. The van der Waals surface area contributed by atoms with Crippen LogP contribution in [0.5, 0.6) is 0 Å². The molecule has 3 radical (unpaired) electrons. The Morgan fingerprint density at radius 1 is 0.732 bits per heavy atom. The fraction of sp³-hybridized carbons (Fsp3) is 0.400. The first-order chi connectivity index (χ1) is 26.0. The summed E-state index contributed by atoms with van der Waals surface area (Å²) < 4.78 is 10.0. The van der Waals surface area contributed by atoms with Crippen LogP contribution in [0, 0.1) is 27.7 Å². The number of anilines is 2. The van der Waals surface area contributed by atoms with Crippen LogP contribution in [0.3, 0.4) is 0 Å². The quantitative estimate of drug-likeness (QED) is 0.1000. The van der Waals surface area contributed by atoms with Crippen molar-refractivity contribution in [3.63, 3.8) is 0 Å². The Balaban J connectivity index is 0.000000840. The van der Waals surface area contributed by atoms with Gasteiger partial charge in [0.05, 0.1) is 23.4 Å². The Hall–Kier alpha value is -5.01. The average molecular weight is 813 g/mol. The number of rotatable bonds is 5. The molecule has 56 heavy (non-hydrogen) atoms. The summed E-state index contributed by atoms with van der Waals surface area (Å²) in [6, 6.07) is 21.0. The van der Waals surface area contributed by atoms with E-state index in [1.807, 2.05) is 86.3 Å². The van der Waals surface area contributed by atoms with E-state index in [4.69, 9.17) is 41.6 Å². The molecular formula is C40H54BCl2N6O7. The minimum Gasteiger partial charge on any atom is -0.470 e. The number of furan rings is 2. The molecule has 0 atom stereocenters. The van der Waals surface area contributed by atoms with Gasteiger partial charge in [-0.25, -0.2) is 9.59 Å². The van der Waals surface area contributed by atoms with Crippen LogP contribution in [0.1, 0.15) is 66.1 Å². The zero-order valence-corrected chi connectivity index (χ0v) is 33.2. The van der Waals surface area contributed by atoms with Gasteiger partial charge in [0.25, 0.3) is 5.91 Å². The van der Waals surface area contributed by atoms with Gasteiger partial charge in [-0.3, -0.25) is 4.79 Å². The van der Waals surface area contributed by atoms with Crippen molar-refractivity contribution in [3.8, 4) is 0 Å². The monoisotopic (exact) mass is 811 g/mol. The van der Waals surface area contributed by atoms with Crippen molar-refractivity contribution in [3.05, 3.63) is 107 Å². The van der Waals surface area contributed by atoms with Crippen LogP contribution in [0.4, 0.5) is 21.0 Å². The van der Waals surface area contributed by atoms with E-state index in [9.17, 15) is 14.4 Å². The van der Waals surface area contributed by atoms with Gasteiger partial charge in [0.15, 0.2) is 0 Å². The fourth-order valence-corrected chi connectivity index (χ4v) is 5.31. The van der Waals surface area contributed by atoms with E-state index in [2.05, 4.69) is 26.6 Å². The Labute approximate surface area is 342 Å². The normalized spacial score (nSPS) is 13.1. The Bertz CT molecular complexity index is 1690. The SMILES string of the molecule is C.Cc1ccc(NC(=O)NC2CCN(C(=O)c3ccoc3C)CC2)cc1.Cc1ccc(NC(=O)NC2CCNCC2)cc1.Cc1ccco1.ClCCl.O=C=O.[B]. The van der Waals surface area contributed by atoms with Gasteiger partial charge in [-0.1, -0.05) is 42.8 Å². The van der Waals surface area contributed by atoms with E-state index in [0.717, 1.165) is 61.5 Å². The molecule has 2 fully saturated rings. The Kier molecular flexibility index (Phi) is 26.7. The molecule has 13 nitrogen and oxygen atoms in total. The standard InChI is InChI=1S/C19H23N3O3.C13H19N3O.C5H6O.CH2Cl2.CO2.CH4.B/c1-13-3-5-15(6-4-13)20-19(24)21-16-7-10-22(11-8-16)18(23)17-9-12-25-14(17)2;1-10-2-4-11(5-3-10)15-13(17)16-12-6-8-14-9-7-12;1-5-3-2-4-6-5;2*2-1-3;;/h3-6,9,12,16H,7-8,10-11H2,1-2H3,(H2,20,21,24);2-5,12,14H,6-9H2,1H3,(H2,15,16,17);2-4H,1H3;1H2;;1H4;. The first-order valence-corrected chi connectivity index (χ1v) is 18.5. The first kappa shape index (κ1) is 51.0. The van der Waals surface area contributed by atoms with Gasteiger partial charge in [0, 0.05) is 45.0 Å². The molecule has 0 aliphatic carbocycles. The number of hydrogen-bond acceptors (Lipinski definition) is 8. The molecule has 5 N–H and O–H groups in total. The lowest BCUT2D eigenvalue weighted by Gasteiger charge is -2.32. The second-order valence-corrected chi connectivity index (χ2v) is 13.1. The highest BCUT2D eigenvalue weighted by Gasteiger charge is 2.26. The highest BCUT2D eigenvalue weighted by Crippen LogP contribution is 2.17. The van der Waals surface area contributed by atoms with Crippen molar-refractivity contribution in [2.45, 2.75) is 72.9 Å². The van der Waals surface area contributed by atoms with Gasteiger partial charge in [-0.2, -0.15) is 9.59 Å². The molecule has 6 rings (SSSR count). The minimum absolute atomic E-state index is 0. The molecule has 0 spiro atoms. The Morgan fingerprint density at radius 2 is 1.18 bits per heavy atom. The minimum atomic E-state index is -0.209. The number of halogens is 2. The average Bonchev–Trinajstić information content (AvgIpc) is 3.82. The number of nitrogens with one attached hydrogen (secondary N) is 5. The van der Waals surface area contributed by atoms with Crippen LogP contribution in [-0.2, 0) is 9.59 Å². The summed E-state index contributed by atoms with van der Waals surface area (Å²) in [4.78, 5) is 54.3. The topological polar surface area (TPSA) is 175 Å². The van der Waals surface area contributed by atoms with E-state index >= 15 is 0 Å². The van der Waals surface area contributed by atoms with Crippen molar-refractivity contribution in [2.24, 2.45) is 0 Å². The van der Waals surface area contributed by atoms with Crippen LogP contribution >= 0.6 is 23.2 Å². The molecule has 16 heteroatoms. The maximum atomic E-state index is 12.4. The highest BCUT2D eigenvalue weighted by molar-refractivity contribution is 6.40. The van der Waals surface area contributed by atoms with E-state index < -0.39 is 0 Å². The van der Waals surface area contributed by atoms with E-state index in [1.165, 1.54) is 11.8 Å². The lowest BCUT2D eigenvalue weighted by atomic mass is 10.0. The molecule has 0 saturated carbocycles. The predicted molar refractivity (Wildman–Crippen MR) is 222 cm³/mol. The second-order valence-electron chi connectivity index (χ2n) is 12.3. The third-order valence-electron chi connectivity index (χ3n) is 8.16. The molecule has 5 amide bonds. The predicted octanol–water partition coefficient (Wildman–Crippen LogP) is 7.87. The summed E-state index contributed by atoms with van der Waals surface area (Å²) in [6.07, 6.45) is 6.93. The van der Waals surface area contributed by atoms with Crippen molar-refractivity contribution in [1.82, 2.24) is 20.9 Å². The fourth-order valence-electron chi connectivity index (χ4n) is 5.31. The number of amides is 5. The number of aryl methyl sites for hydroxylation is 4. The van der Waals surface area contributed by atoms with Gasteiger partial charge in [-0.05, 0) is 109 Å². The van der Waals surface area contributed by atoms with Crippen LogP contribution in [0.15, 0.2) is 88.1 Å². The number of piperidine rings is 2. The first-order valence-electron chi connectivity index (χ1n) is 17.4. The number of urea groups is 2. The van der Waals surface area contributed by atoms with Crippen LogP contribution in [-0.4, -0.2) is 81.0 Å². The largest absolute Gasteiger partial charge is 0.470 e. The molecule has 4 aromatic rings. The van der Waals surface area contributed by atoms with E-state index in [0.29, 0.717) is 30.5 Å². The summed E-state index contributed by atoms with van der Waals surface area (Å²) in [6.45, 7) is 10.9. The van der Waals surface area contributed by atoms with Gasteiger partial charge in [0.1, 0.15) is 11.5 Å². The second kappa shape index (κ2) is 29.3. The molecule has 2 saturated heterocycles. The summed E-state index contributed by atoms with van der Waals surface area (Å²) in [7, 11) is 0. The third-order valence-corrected chi connectivity index (χ3v) is 8.16. The van der Waals surface area contributed by atoms with Gasteiger partial charge < -0.3 is 40.3 Å². The summed E-state index contributed by atoms with van der Waals surface area (Å²) in [5, 5.41) is 15.1. The number of carbonyl (C=O) groups is 3. The molecular weight excluding hydrogens is 758 g/mol. The molecule has 0 bridgehead atoms. The summed E-state index contributed by atoms with van der Waals surface area (Å²) in [5.41, 5.74) is 4.56. The van der Waals surface area contributed by atoms with Crippen molar-refractivity contribution in [1.29, 1.82) is 0 Å². The summed E-state index contributed by atoms with van der Waals surface area (Å²) >= 11 is 9.53. The molecule has 303 valence electrons. The number of nitrogens with zero attached hydrogens (tertiary/aromatic N) is 1. The lowest BCUT2D eigenvalue weighted by Crippen LogP contribution is -2.47. The molecule has 2 aromatic heterocycles. The lowest BCUT2D eigenvalue weighted by molar-refractivity contribution is -0.191. The number of hydrogen-bond donors (Lipinski definition) is 5. The van der Waals surface area contributed by atoms with Crippen molar-refractivity contribution < 1.29 is 32.8 Å². The molecule has 0 unspecified atom stereocenters.